The van der Waals surface area contributed by atoms with E-state index in [0.717, 1.165) is 38.5 Å². The molecule has 3 rings (SSSR count). The van der Waals surface area contributed by atoms with Crippen molar-refractivity contribution < 1.29 is 14.2 Å². The van der Waals surface area contributed by atoms with Crippen molar-refractivity contribution in [1.82, 2.24) is 4.90 Å². The first-order chi connectivity index (χ1) is 10.9. The molecule has 2 aliphatic rings. The summed E-state index contributed by atoms with van der Waals surface area (Å²) in [5.74, 6) is 0.941. The van der Waals surface area contributed by atoms with Gasteiger partial charge in [-0.05, 0) is 56.3 Å². The average Bonchev–Trinajstić information content (AvgIpc) is 3.04. The maximum atomic E-state index is 5.89. The summed E-state index contributed by atoms with van der Waals surface area (Å²) >= 11 is 0. The van der Waals surface area contributed by atoms with Crippen LogP contribution >= 0.6 is 0 Å². The molecule has 0 radical (unpaired) electrons. The first-order valence-corrected chi connectivity index (χ1v) is 8.48. The Morgan fingerprint density at radius 1 is 1.23 bits per heavy atom. The molecular formula is C18H27NO3. The van der Waals surface area contributed by atoms with Crippen molar-refractivity contribution in [1.29, 1.82) is 0 Å². The van der Waals surface area contributed by atoms with E-state index in [0.29, 0.717) is 6.04 Å². The second kappa shape index (κ2) is 7.95. The summed E-state index contributed by atoms with van der Waals surface area (Å²) in [6, 6.07) is 8.94. The molecule has 2 aliphatic heterocycles. The number of likely N-dealkylation sites (tertiary alicyclic amines) is 1. The number of methoxy groups -OCH3 is 1. The van der Waals surface area contributed by atoms with E-state index in [1.165, 1.54) is 31.2 Å². The monoisotopic (exact) mass is 305 g/mol. The lowest BCUT2D eigenvalue weighted by atomic mass is 10.0. The largest absolute Gasteiger partial charge is 0.497 e. The van der Waals surface area contributed by atoms with Crippen LogP contribution in [-0.4, -0.2) is 44.6 Å². The predicted molar refractivity (Wildman–Crippen MR) is 86.1 cm³/mol. The Kier molecular flexibility index (Phi) is 5.70. The summed E-state index contributed by atoms with van der Waals surface area (Å²) in [6.07, 6.45) is 5.92. The summed E-state index contributed by atoms with van der Waals surface area (Å²) in [4.78, 5) is 2.53. The van der Waals surface area contributed by atoms with Crippen LogP contribution in [0.1, 0.15) is 43.7 Å². The van der Waals surface area contributed by atoms with Crippen molar-refractivity contribution in [3.63, 3.8) is 0 Å². The summed E-state index contributed by atoms with van der Waals surface area (Å²) in [5, 5.41) is 0. The normalized spacial score (nSPS) is 26.2. The highest BCUT2D eigenvalue weighted by Gasteiger charge is 2.26. The molecule has 22 heavy (non-hydrogen) atoms. The lowest BCUT2D eigenvalue weighted by Gasteiger charge is -2.27. The van der Waals surface area contributed by atoms with Gasteiger partial charge in [0.15, 0.2) is 6.29 Å². The van der Waals surface area contributed by atoms with E-state index in [4.69, 9.17) is 14.2 Å². The fourth-order valence-corrected chi connectivity index (χ4v) is 3.46. The third kappa shape index (κ3) is 4.00. The van der Waals surface area contributed by atoms with Gasteiger partial charge >= 0.3 is 0 Å². The van der Waals surface area contributed by atoms with Gasteiger partial charge in [0.05, 0.1) is 13.7 Å². The van der Waals surface area contributed by atoms with Crippen molar-refractivity contribution in [2.75, 3.05) is 33.4 Å². The Hall–Kier alpha value is -1.10. The van der Waals surface area contributed by atoms with E-state index in [2.05, 4.69) is 23.1 Å². The smallest absolute Gasteiger partial charge is 0.157 e. The van der Waals surface area contributed by atoms with E-state index in [1.807, 2.05) is 6.07 Å². The first kappa shape index (κ1) is 15.8. The van der Waals surface area contributed by atoms with Crippen LogP contribution in [0.3, 0.4) is 0 Å². The number of benzene rings is 1. The van der Waals surface area contributed by atoms with Crippen molar-refractivity contribution in [2.45, 2.75) is 44.4 Å². The Morgan fingerprint density at radius 3 is 3.00 bits per heavy atom. The fourth-order valence-electron chi connectivity index (χ4n) is 3.46. The molecule has 2 heterocycles. The number of ether oxygens (including phenoxy) is 3. The van der Waals surface area contributed by atoms with Crippen molar-refractivity contribution in [2.24, 2.45) is 0 Å². The molecule has 0 bridgehead atoms. The van der Waals surface area contributed by atoms with Crippen LogP contribution < -0.4 is 4.74 Å². The topological polar surface area (TPSA) is 30.9 Å². The molecule has 0 unspecified atom stereocenters. The number of nitrogens with zero attached hydrogens (tertiary/aromatic N) is 1. The minimum atomic E-state index is 0.0200. The van der Waals surface area contributed by atoms with Gasteiger partial charge in [-0.3, -0.25) is 4.90 Å². The van der Waals surface area contributed by atoms with E-state index in [9.17, 15) is 0 Å². The van der Waals surface area contributed by atoms with Gasteiger partial charge in [0.1, 0.15) is 5.75 Å². The van der Waals surface area contributed by atoms with E-state index >= 15 is 0 Å². The maximum Gasteiger partial charge on any atom is 0.157 e. The van der Waals surface area contributed by atoms with Gasteiger partial charge in [-0.2, -0.15) is 0 Å². The van der Waals surface area contributed by atoms with Gasteiger partial charge in [-0.15, -0.1) is 0 Å². The summed E-state index contributed by atoms with van der Waals surface area (Å²) < 4.78 is 16.9. The molecule has 122 valence electrons. The molecular weight excluding hydrogens is 278 g/mol. The Bertz CT molecular complexity index is 459. The standard InChI is InChI=1S/C18H27NO3/c1-20-16-7-4-6-15(14-16)17-8-5-10-19(17)11-13-22-18-9-2-3-12-21-18/h4,6-7,14,17-18H,2-3,5,8-13H2,1H3/t17-,18-/m0/s1. The molecule has 0 aliphatic carbocycles. The molecule has 2 atom stereocenters. The van der Waals surface area contributed by atoms with Gasteiger partial charge in [-0.1, -0.05) is 12.1 Å². The van der Waals surface area contributed by atoms with Crippen LogP contribution in [0.2, 0.25) is 0 Å². The van der Waals surface area contributed by atoms with Crippen LogP contribution in [0.5, 0.6) is 5.75 Å². The molecule has 2 saturated heterocycles. The molecule has 4 nitrogen and oxygen atoms in total. The van der Waals surface area contributed by atoms with Crippen LogP contribution in [0, 0.1) is 0 Å². The van der Waals surface area contributed by atoms with Gasteiger partial charge in [0.2, 0.25) is 0 Å². The van der Waals surface area contributed by atoms with Crippen molar-refractivity contribution in [3.8, 4) is 5.75 Å². The van der Waals surface area contributed by atoms with E-state index < -0.39 is 0 Å². The molecule has 0 spiro atoms. The second-order valence-electron chi connectivity index (χ2n) is 6.14. The highest BCUT2D eigenvalue weighted by atomic mass is 16.7. The number of rotatable bonds is 6. The third-order valence-corrected chi connectivity index (χ3v) is 4.66. The van der Waals surface area contributed by atoms with Crippen LogP contribution in [0.4, 0.5) is 0 Å². The summed E-state index contributed by atoms with van der Waals surface area (Å²) in [7, 11) is 1.73. The highest BCUT2D eigenvalue weighted by molar-refractivity contribution is 5.31. The van der Waals surface area contributed by atoms with Gasteiger partial charge in [0.25, 0.3) is 0 Å². The zero-order valence-corrected chi connectivity index (χ0v) is 13.5. The van der Waals surface area contributed by atoms with Gasteiger partial charge < -0.3 is 14.2 Å². The minimum absolute atomic E-state index is 0.0200. The predicted octanol–water partition coefficient (Wildman–Crippen LogP) is 3.38. The number of hydrogen-bond donors (Lipinski definition) is 0. The molecule has 0 N–H and O–H groups in total. The Balaban J connectivity index is 1.51. The lowest BCUT2D eigenvalue weighted by Crippen LogP contribution is -2.30. The second-order valence-corrected chi connectivity index (χ2v) is 6.14. The molecule has 2 fully saturated rings. The van der Waals surface area contributed by atoms with Crippen LogP contribution in [-0.2, 0) is 9.47 Å². The van der Waals surface area contributed by atoms with Crippen molar-refractivity contribution in [3.05, 3.63) is 29.8 Å². The lowest BCUT2D eigenvalue weighted by molar-refractivity contribution is -0.164. The van der Waals surface area contributed by atoms with Crippen molar-refractivity contribution >= 4 is 0 Å². The Labute approximate surface area is 133 Å². The maximum absolute atomic E-state index is 5.89. The van der Waals surface area contributed by atoms with Crippen LogP contribution in [0.15, 0.2) is 24.3 Å². The quantitative estimate of drug-likeness (QED) is 0.806. The van der Waals surface area contributed by atoms with E-state index in [-0.39, 0.29) is 6.29 Å². The van der Waals surface area contributed by atoms with Gasteiger partial charge in [-0.25, -0.2) is 0 Å². The molecule has 0 amide bonds. The average molecular weight is 305 g/mol. The summed E-state index contributed by atoms with van der Waals surface area (Å²) in [6.45, 7) is 3.73. The number of hydrogen-bond acceptors (Lipinski definition) is 4. The minimum Gasteiger partial charge on any atom is -0.497 e. The zero-order valence-electron chi connectivity index (χ0n) is 13.5. The molecule has 4 heteroatoms. The molecule has 0 saturated carbocycles. The highest BCUT2D eigenvalue weighted by Crippen LogP contribution is 2.33. The summed E-state index contributed by atoms with van der Waals surface area (Å²) in [5.41, 5.74) is 1.35. The van der Waals surface area contributed by atoms with Crippen LogP contribution in [0.25, 0.3) is 0 Å². The fraction of sp³-hybridized carbons (Fsp3) is 0.667. The first-order valence-electron chi connectivity index (χ1n) is 8.48. The Morgan fingerprint density at radius 2 is 2.18 bits per heavy atom. The van der Waals surface area contributed by atoms with Gasteiger partial charge in [0, 0.05) is 19.2 Å². The zero-order chi connectivity index (χ0) is 15.2. The molecule has 0 aromatic heterocycles. The third-order valence-electron chi connectivity index (χ3n) is 4.66. The molecule has 1 aromatic carbocycles. The molecule has 1 aromatic rings. The SMILES string of the molecule is COc1cccc([C@@H]2CCCN2CCO[C@H]2CCCCO2)c1. The van der Waals surface area contributed by atoms with E-state index in [1.54, 1.807) is 7.11 Å².